The van der Waals surface area contributed by atoms with Crippen LogP contribution >= 0.6 is 0 Å². The Hall–Kier alpha value is -3.10. The van der Waals surface area contributed by atoms with E-state index in [2.05, 4.69) is 4.99 Å². The molecule has 1 aromatic carbocycles. The van der Waals surface area contributed by atoms with E-state index >= 15 is 0 Å². The van der Waals surface area contributed by atoms with E-state index in [9.17, 15) is 25.2 Å². The van der Waals surface area contributed by atoms with Crippen LogP contribution in [0.3, 0.4) is 0 Å². The van der Waals surface area contributed by atoms with Crippen molar-refractivity contribution in [3.05, 3.63) is 57.2 Å². The number of nitrogens with zero attached hydrogens (tertiary/aromatic N) is 2. The number of aliphatic imine (C=N–C) groups is 1. The van der Waals surface area contributed by atoms with E-state index in [0.717, 1.165) is 48.9 Å². The summed E-state index contributed by atoms with van der Waals surface area (Å²) in [5.74, 6) is 1.22. The van der Waals surface area contributed by atoms with Gasteiger partial charge in [-0.3, -0.25) is 9.79 Å². The molecule has 12 heteroatoms. The van der Waals surface area contributed by atoms with Crippen LogP contribution in [-0.4, -0.2) is 87.6 Å². The predicted molar refractivity (Wildman–Crippen MR) is 160 cm³/mol. The topological polar surface area (TPSA) is 175 Å². The first kappa shape index (κ1) is 30.9. The number of ether oxygens (including phenoxy) is 1. The minimum atomic E-state index is -1.78. The summed E-state index contributed by atoms with van der Waals surface area (Å²) in [6.45, 7) is 2.99. The molecule has 0 bridgehead atoms. The van der Waals surface area contributed by atoms with Crippen molar-refractivity contribution in [2.75, 3.05) is 24.7 Å². The molecule has 5 N–H and O–H groups in total. The van der Waals surface area contributed by atoms with Crippen molar-refractivity contribution in [1.82, 2.24) is 0 Å². The molecule has 2 aromatic rings. The minimum absolute atomic E-state index is 0.117. The van der Waals surface area contributed by atoms with Crippen LogP contribution in [0.15, 0.2) is 49.9 Å². The highest BCUT2D eigenvalue weighted by Gasteiger charge is 2.50. The number of rotatable bonds is 10. The molecule has 3 aliphatic heterocycles. The van der Waals surface area contributed by atoms with Crippen LogP contribution in [0.5, 0.6) is 5.75 Å². The second kappa shape index (κ2) is 12.4. The van der Waals surface area contributed by atoms with Gasteiger partial charge in [-0.25, -0.2) is 9.78 Å². The Morgan fingerprint density at radius 1 is 1.11 bits per heavy atom. The van der Waals surface area contributed by atoms with Gasteiger partial charge >= 0.3 is 0 Å². The van der Waals surface area contributed by atoms with Gasteiger partial charge in [-0.2, -0.15) is 0 Å². The van der Waals surface area contributed by atoms with Crippen LogP contribution in [0.1, 0.15) is 50.4 Å². The molecule has 4 heterocycles. The summed E-state index contributed by atoms with van der Waals surface area (Å²) >= 11 is 0. The average molecular weight is 613 g/mol. The van der Waals surface area contributed by atoms with Gasteiger partial charge in [0, 0.05) is 42.0 Å². The summed E-state index contributed by atoms with van der Waals surface area (Å²) in [4.78, 5) is 31.1. The maximum atomic E-state index is 13.2. The van der Waals surface area contributed by atoms with Gasteiger partial charge in [-0.15, -0.1) is 0 Å². The van der Waals surface area contributed by atoms with Gasteiger partial charge in [-0.1, -0.05) is 19.3 Å². The van der Waals surface area contributed by atoms with Crippen LogP contribution < -0.4 is 15.1 Å². The minimum Gasteiger partial charge on any atom is -0.482 e. The van der Waals surface area contributed by atoms with Crippen molar-refractivity contribution in [2.45, 2.75) is 88.5 Å². The molecular formula is C32H40N2O10. The monoisotopic (exact) mass is 612 g/mol. The van der Waals surface area contributed by atoms with E-state index < -0.39 is 49.3 Å². The van der Waals surface area contributed by atoms with Crippen molar-refractivity contribution < 1.29 is 44.5 Å². The lowest BCUT2D eigenvalue weighted by molar-refractivity contribution is -0.364. The zero-order chi connectivity index (χ0) is 31.2. The number of anilines is 1. The summed E-state index contributed by atoms with van der Waals surface area (Å²) in [6, 6.07) is 3.24. The lowest BCUT2D eigenvalue weighted by Crippen LogP contribution is -2.56. The van der Waals surface area contributed by atoms with E-state index in [0.29, 0.717) is 41.1 Å². The molecule has 6 rings (SSSR count). The Morgan fingerprint density at radius 3 is 2.59 bits per heavy atom. The molecule has 0 spiro atoms. The first-order valence-electron chi connectivity index (χ1n) is 15.2. The summed E-state index contributed by atoms with van der Waals surface area (Å²) in [5.41, 5.74) is 2.71. The Kier molecular flexibility index (Phi) is 8.68. The standard InChI is InChI=1S/C32H40N2O10/c1-17-10-23(36)21-11-19-12-26(44-41-16-25(38)29(40)28(39)24(37)15-35)32(2,20-6-4-3-5-7-20)43-30(19)27(31(21)42-17)34-13-18-8-9-33-22(18)14-34/h8-11,14,20,24-26,28-29,35,37-40H,3-7,12-13,15-16H2,1-2H3. The predicted octanol–water partition coefficient (Wildman–Crippen LogP) is 1.80. The van der Waals surface area contributed by atoms with Crippen LogP contribution in [-0.2, 0) is 16.2 Å². The molecule has 238 valence electrons. The van der Waals surface area contributed by atoms with Gasteiger partial charge in [0.2, 0.25) is 0 Å². The molecule has 0 saturated heterocycles. The summed E-state index contributed by atoms with van der Waals surface area (Å²) in [6.07, 6.45) is 3.63. The summed E-state index contributed by atoms with van der Waals surface area (Å²) < 4.78 is 13.2. The number of fused-ring (bicyclic) bond motifs is 3. The van der Waals surface area contributed by atoms with Crippen molar-refractivity contribution in [2.24, 2.45) is 10.9 Å². The van der Waals surface area contributed by atoms with Crippen LogP contribution in [0, 0.1) is 12.8 Å². The van der Waals surface area contributed by atoms with Gasteiger partial charge < -0.3 is 39.6 Å². The number of allylic oxidation sites excluding steroid dienone is 1. The molecular weight excluding hydrogens is 572 g/mol. The Balaban J connectivity index is 1.35. The van der Waals surface area contributed by atoms with Crippen molar-refractivity contribution in [3.8, 4) is 5.75 Å². The fraction of sp³-hybridized carbons (Fsp3) is 0.562. The third-order valence-corrected chi connectivity index (χ3v) is 9.40. The zero-order valence-corrected chi connectivity index (χ0v) is 24.9. The third kappa shape index (κ3) is 5.60. The number of aryl methyl sites for hydroxylation is 1. The SMILES string of the molecule is Cc1cc(=O)c2cc3c(c(N4C=C5N=CC=C5C4)c2o1)OC(C)(C1CCCCC1)C(OOCC(O)C(O)C(O)C(O)CO)C3. The molecule has 44 heavy (non-hydrogen) atoms. The molecule has 1 aliphatic carbocycles. The van der Waals surface area contributed by atoms with E-state index in [1.165, 1.54) is 6.07 Å². The lowest BCUT2D eigenvalue weighted by atomic mass is 9.72. The maximum Gasteiger partial charge on any atom is 0.193 e. The number of aliphatic hydroxyl groups excluding tert-OH is 5. The van der Waals surface area contributed by atoms with Gasteiger partial charge in [0.05, 0.1) is 24.2 Å². The van der Waals surface area contributed by atoms with E-state index in [1.54, 1.807) is 19.2 Å². The quantitative estimate of drug-likeness (QED) is 0.195. The fourth-order valence-corrected chi connectivity index (χ4v) is 6.79. The van der Waals surface area contributed by atoms with Crippen molar-refractivity contribution in [1.29, 1.82) is 0 Å². The molecule has 4 aliphatic rings. The highest BCUT2D eigenvalue weighted by Crippen LogP contribution is 2.51. The van der Waals surface area contributed by atoms with Crippen LogP contribution in [0.2, 0.25) is 0 Å². The first-order chi connectivity index (χ1) is 21.1. The second-order valence-corrected chi connectivity index (χ2v) is 12.4. The Labute approximate surface area is 254 Å². The van der Waals surface area contributed by atoms with E-state index in [1.807, 2.05) is 24.1 Å². The highest BCUT2D eigenvalue weighted by molar-refractivity contribution is 5.96. The summed E-state index contributed by atoms with van der Waals surface area (Å²) in [5, 5.41) is 49.7. The maximum absolute atomic E-state index is 13.2. The van der Waals surface area contributed by atoms with Crippen molar-refractivity contribution in [3.63, 3.8) is 0 Å². The van der Waals surface area contributed by atoms with Gasteiger partial charge in [0.1, 0.15) is 54.2 Å². The number of benzene rings is 1. The number of hydrogen-bond donors (Lipinski definition) is 5. The smallest absolute Gasteiger partial charge is 0.193 e. The fourth-order valence-electron chi connectivity index (χ4n) is 6.79. The first-order valence-corrected chi connectivity index (χ1v) is 15.2. The largest absolute Gasteiger partial charge is 0.482 e. The molecule has 6 unspecified atom stereocenters. The zero-order valence-electron chi connectivity index (χ0n) is 24.9. The molecule has 0 amide bonds. The molecule has 1 saturated carbocycles. The second-order valence-electron chi connectivity index (χ2n) is 12.4. The number of hydrogen-bond acceptors (Lipinski definition) is 12. The lowest BCUT2D eigenvalue weighted by Gasteiger charge is -2.48. The third-order valence-electron chi connectivity index (χ3n) is 9.40. The van der Waals surface area contributed by atoms with Crippen LogP contribution in [0.25, 0.3) is 11.0 Å². The van der Waals surface area contributed by atoms with Crippen LogP contribution in [0.4, 0.5) is 5.69 Å². The van der Waals surface area contributed by atoms with Crippen molar-refractivity contribution >= 4 is 22.9 Å². The Bertz CT molecular complexity index is 1540. The summed E-state index contributed by atoms with van der Waals surface area (Å²) in [7, 11) is 0. The van der Waals surface area contributed by atoms with E-state index in [-0.39, 0.29) is 11.3 Å². The van der Waals surface area contributed by atoms with Gasteiger partial charge in [0.25, 0.3) is 0 Å². The van der Waals surface area contributed by atoms with E-state index in [4.69, 9.17) is 24.0 Å². The molecule has 6 atom stereocenters. The molecule has 12 nitrogen and oxygen atoms in total. The molecule has 0 radical (unpaired) electrons. The van der Waals surface area contributed by atoms with Gasteiger partial charge in [-0.05, 0) is 38.8 Å². The highest BCUT2D eigenvalue weighted by atomic mass is 17.2. The Morgan fingerprint density at radius 2 is 1.86 bits per heavy atom. The normalized spacial score (nSPS) is 26.1. The average Bonchev–Trinajstić information content (AvgIpc) is 3.62. The molecule has 1 aromatic heterocycles. The molecule has 1 fully saturated rings. The van der Waals surface area contributed by atoms with Gasteiger partial charge in [0.15, 0.2) is 16.8 Å². The number of aliphatic hydroxyl groups is 5.